The molecule has 8 bridgehead atoms. The average Bonchev–Trinajstić information content (AvgIpc) is 3.59. The molecule has 54 heavy (non-hydrogen) atoms. The third kappa shape index (κ3) is 6.01. The predicted octanol–water partition coefficient (Wildman–Crippen LogP) is 8.60. The number of hydrogen-bond acceptors (Lipinski definition) is 6. The van der Waals surface area contributed by atoms with Gasteiger partial charge in [-0.15, -0.1) is 0 Å². The van der Waals surface area contributed by atoms with Crippen LogP contribution in [0, 0.1) is 0 Å². The van der Waals surface area contributed by atoms with E-state index in [4.69, 9.17) is 34.9 Å². The van der Waals surface area contributed by atoms with Crippen LogP contribution in [0.3, 0.4) is 0 Å². The Morgan fingerprint density at radius 3 is 1.04 bits per heavy atom. The molecule has 2 aliphatic heterocycles. The van der Waals surface area contributed by atoms with Gasteiger partial charge in [-0.05, 0) is 87.4 Å². The minimum absolute atomic E-state index is 0. The van der Waals surface area contributed by atoms with Crippen molar-refractivity contribution in [3.63, 3.8) is 0 Å². The van der Waals surface area contributed by atoms with E-state index in [2.05, 4.69) is 0 Å². The normalized spacial score (nSPS) is 27.5. The van der Waals surface area contributed by atoms with Gasteiger partial charge < -0.3 is 19.5 Å². The fraction of sp³-hybridized carbons (Fsp3) is 0.220. The number of allylic oxidation sites excluding steroid dienone is 16. The topological polar surface area (TPSA) is 96.4 Å². The average molecular weight is 775 g/mol. The molecule has 2 atom stereocenters. The largest absolute Gasteiger partial charge is 1.00 e. The molecule has 0 N–H and O–H groups in total. The maximum Gasteiger partial charge on any atom is 1.00 e. The van der Waals surface area contributed by atoms with Gasteiger partial charge in [-0.1, -0.05) is 48.6 Å². The van der Waals surface area contributed by atoms with Gasteiger partial charge in [0.15, 0.2) is 11.6 Å². The molecule has 4 aliphatic carbocycles. The Labute approximate surface area is 318 Å². The van der Waals surface area contributed by atoms with Crippen LogP contribution < -0.4 is 4.98 Å². The van der Waals surface area contributed by atoms with Crippen LogP contribution in [-0.2, 0) is 24.1 Å². The maximum absolute atomic E-state index is 15.5. The van der Waals surface area contributed by atoms with Crippen molar-refractivity contribution in [1.29, 1.82) is 0 Å². The Kier molecular flexibility index (Phi) is 7.89. The summed E-state index contributed by atoms with van der Waals surface area (Å²) in [6, 6.07) is 0. The molecule has 3 aromatic rings. The second-order valence-electron chi connectivity index (χ2n) is 14.5. The molecule has 0 radical (unpaired) electrons. The number of halogens is 4. The van der Waals surface area contributed by atoms with E-state index in [9.17, 15) is 0 Å². The van der Waals surface area contributed by atoms with Gasteiger partial charge in [0.25, 0.3) is 0 Å². The first kappa shape index (κ1) is 35.5. The summed E-state index contributed by atoms with van der Waals surface area (Å²) in [7, 11) is 1.78. The van der Waals surface area contributed by atoms with Gasteiger partial charge in [0, 0.05) is 51.8 Å². The van der Waals surface area contributed by atoms with Gasteiger partial charge in [-0.3, -0.25) is 0 Å². The Bertz CT molecular complexity index is 2520. The number of aryl methyl sites for hydroxylation is 1. The fourth-order valence-electron chi connectivity index (χ4n) is 6.78. The van der Waals surface area contributed by atoms with Gasteiger partial charge in [0.2, 0.25) is 0 Å². The summed E-state index contributed by atoms with van der Waals surface area (Å²) >= 11 is 0. The second-order valence-corrected chi connectivity index (χ2v) is 14.5. The zero-order valence-corrected chi connectivity index (χ0v) is 30.6. The minimum Gasteiger partial charge on any atom is -0.357 e. The Morgan fingerprint density at radius 1 is 0.426 bits per heavy atom. The Morgan fingerprint density at radius 2 is 0.704 bits per heavy atom. The summed E-state index contributed by atoms with van der Waals surface area (Å²) < 4.78 is 63.4. The smallest absolute Gasteiger partial charge is 0.357 e. The predicted molar refractivity (Wildman–Crippen MR) is 200 cm³/mol. The SMILES string of the molecule is Cn1c2nc3nc(nc4[n-]c(nc5nc(nc1c1c2C=CC(C)(F)C=C1)C1=C5C=CC(C)(F)C=C1)c1c4C=CC(C)(F)C=C1)C1=C3C=CC(C)(F)C=C1.[Cu+]. The van der Waals surface area contributed by atoms with E-state index >= 15 is 17.6 Å². The summed E-state index contributed by atoms with van der Waals surface area (Å²) in [5.74, 6) is 0.874. The van der Waals surface area contributed by atoms with E-state index in [0.717, 1.165) is 0 Å². The van der Waals surface area contributed by atoms with Crippen molar-refractivity contribution in [1.82, 2.24) is 39.5 Å². The molecule has 3 aromatic heterocycles. The summed E-state index contributed by atoms with van der Waals surface area (Å²) in [6.45, 7) is 5.73. The van der Waals surface area contributed by atoms with Gasteiger partial charge in [-0.2, -0.15) is 0 Å². The minimum atomic E-state index is -1.77. The van der Waals surface area contributed by atoms with E-state index < -0.39 is 22.7 Å². The number of nitrogens with zero attached hydrogens (tertiary/aromatic N) is 8. The molecule has 274 valence electrons. The number of fused-ring (bicyclic) bond motifs is 18. The van der Waals surface area contributed by atoms with Crippen LogP contribution in [0.25, 0.3) is 69.2 Å². The third-order valence-electron chi connectivity index (χ3n) is 9.81. The molecule has 0 amide bonds. The number of hydrogen-bond donors (Lipinski definition) is 0. The van der Waals surface area contributed by atoms with Crippen LogP contribution >= 0.6 is 0 Å². The van der Waals surface area contributed by atoms with Crippen LogP contribution in [0.1, 0.15) is 73.2 Å². The van der Waals surface area contributed by atoms with Crippen LogP contribution in [0.5, 0.6) is 0 Å². The van der Waals surface area contributed by atoms with E-state index in [1.54, 1.807) is 60.2 Å². The molecule has 0 saturated heterocycles. The monoisotopic (exact) mass is 774 g/mol. The molecule has 9 rings (SSSR count). The number of rotatable bonds is 0. The zero-order chi connectivity index (χ0) is 37.1. The Hall–Kier alpha value is -5.52. The van der Waals surface area contributed by atoms with E-state index in [0.29, 0.717) is 55.8 Å². The van der Waals surface area contributed by atoms with Crippen molar-refractivity contribution in [3.8, 4) is 0 Å². The van der Waals surface area contributed by atoms with Gasteiger partial charge >= 0.3 is 17.1 Å². The molecule has 0 aromatic carbocycles. The van der Waals surface area contributed by atoms with E-state index in [1.165, 1.54) is 76.3 Å². The molecule has 0 saturated carbocycles. The first-order chi connectivity index (χ1) is 25.1. The van der Waals surface area contributed by atoms with Crippen LogP contribution in [0.4, 0.5) is 17.6 Å². The van der Waals surface area contributed by atoms with Crippen LogP contribution in [0.15, 0.2) is 72.9 Å². The van der Waals surface area contributed by atoms with Gasteiger partial charge in [0.05, 0.1) is 11.6 Å². The summed E-state index contributed by atoms with van der Waals surface area (Å²) in [5, 5.41) is 0. The quantitative estimate of drug-likeness (QED) is 0.167. The van der Waals surface area contributed by atoms with Crippen molar-refractivity contribution >= 4 is 69.2 Å². The first-order valence-corrected chi connectivity index (χ1v) is 17.1. The maximum atomic E-state index is 15.5. The number of aromatic nitrogens is 8. The van der Waals surface area contributed by atoms with E-state index in [1.807, 2.05) is 0 Å². The van der Waals surface area contributed by atoms with Crippen molar-refractivity contribution in [2.24, 2.45) is 7.05 Å². The summed E-state index contributed by atoms with van der Waals surface area (Å²) in [5.41, 5.74) is -1.75. The molecular formula is C41H31CuF4N8. The van der Waals surface area contributed by atoms with Crippen LogP contribution in [0.2, 0.25) is 0 Å². The van der Waals surface area contributed by atoms with Crippen molar-refractivity contribution in [2.75, 3.05) is 0 Å². The molecular weight excluding hydrogens is 744 g/mol. The molecule has 6 aliphatic rings. The van der Waals surface area contributed by atoms with E-state index in [-0.39, 0.29) is 51.7 Å². The van der Waals surface area contributed by atoms with Crippen LogP contribution in [-0.4, -0.2) is 57.1 Å². The molecule has 0 spiro atoms. The molecule has 13 heteroatoms. The Balaban J connectivity index is 0.00000413. The van der Waals surface area contributed by atoms with Gasteiger partial charge in [-0.25, -0.2) is 37.5 Å². The molecule has 0 fully saturated rings. The second kappa shape index (κ2) is 12.0. The van der Waals surface area contributed by atoms with Crippen molar-refractivity contribution in [2.45, 2.75) is 50.4 Å². The van der Waals surface area contributed by atoms with Crippen molar-refractivity contribution < 1.29 is 34.6 Å². The molecule has 5 heterocycles. The zero-order valence-electron chi connectivity index (χ0n) is 29.6. The summed E-state index contributed by atoms with van der Waals surface area (Å²) in [4.78, 5) is 34.3. The summed E-state index contributed by atoms with van der Waals surface area (Å²) in [6.07, 6.45) is 24.3. The number of alkyl halides is 4. The fourth-order valence-corrected chi connectivity index (χ4v) is 6.78. The molecule has 2 unspecified atom stereocenters. The molecule has 8 nitrogen and oxygen atoms in total. The van der Waals surface area contributed by atoms with Gasteiger partial charge in [0.1, 0.15) is 34.0 Å². The first-order valence-electron chi connectivity index (χ1n) is 17.1. The standard InChI is InChI=1S/C41H31F4N8.Cu/c1-38(42)14-6-22-23(7-15-38)31-46-30(22)47-32-24-8-16-39(2,43)18-10-26(24)34(49-32)51-36-28-12-20-41(4,45)21-13-29(28)37(53(36)5)52-35-27-11-19-40(3,44)17-9-25(27)33(48-31)50-35;/h6-21H,1-5H3;/q-1;+1. The van der Waals surface area contributed by atoms with Crippen molar-refractivity contribution in [3.05, 3.63) is 118 Å². The third-order valence-corrected chi connectivity index (χ3v) is 9.81.